The van der Waals surface area contributed by atoms with Crippen molar-refractivity contribution in [3.8, 4) is 17.6 Å². The molecule has 0 aliphatic rings. The van der Waals surface area contributed by atoms with Crippen LogP contribution in [0.4, 0.5) is 30.7 Å². The largest absolute Gasteiger partial charge is 0.435 e. The zero-order valence-electron chi connectivity index (χ0n) is 15.2. The lowest BCUT2D eigenvalue weighted by Gasteiger charge is -2.08. The van der Waals surface area contributed by atoms with Gasteiger partial charge in [-0.05, 0) is 42.0 Å². The van der Waals surface area contributed by atoms with Crippen molar-refractivity contribution in [1.82, 2.24) is 9.78 Å². The van der Waals surface area contributed by atoms with E-state index >= 15 is 0 Å². The third kappa shape index (κ3) is 5.03. The Balaban J connectivity index is 1.98. The summed E-state index contributed by atoms with van der Waals surface area (Å²) >= 11 is 0. The molecule has 0 radical (unpaired) electrons. The summed E-state index contributed by atoms with van der Waals surface area (Å²) in [5.41, 5.74) is -1.64. The average Bonchev–Trinajstić information content (AvgIpc) is 3.12. The fraction of sp³-hybridized carbons (Fsp3) is 0.100. The van der Waals surface area contributed by atoms with E-state index in [9.17, 15) is 36.0 Å². The molecule has 0 bridgehead atoms. The van der Waals surface area contributed by atoms with Crippen molar-refractivity contribution in [1.29, 1.82) is 5.26 Å². The first-order valence-electron chi connectivity index (χ1n) is 8.38. The molecule has 3 rings (SSSR count). The molecule has 1 heterocycles. The Morgan fingerprint density at radius 1 is 1.06 bits per heavy atom. The van der Waals surface area contributed by atoms with Crippen LogP contribution in [0.1, 0.15) is 16.8 Å². The van der Waals surface area contributed by atoms with Crippen molar-refractivity contribution < 1.29 is 35.5 Å². The van der Waals surface area contributed by atoms with Crippen molar-refractivity contribution in [2.24, 2.45) is 0 Å². The number of hydrogen-bond donors (Lipinski definition) is 0. The predicted octanol–water partition coefficient (Wildman–Crippen LogP) is 5.83. The van der Waals surface area contributed by atoms with Gasteiger partial charge in [0.05, 0.1) is 17.3 Å². The number of alkyl halides is 5. The van der Waals surface area contributed by atoms with E-state index in [0.29, 0.717) is 16.3 Å². The summed E-state index contributed by atoms with van der Waals surface area (Å²) < 4.78 is 95.7. The van der Waals surface area contributed by atoms with Gasteiger partial charge in [0.2, 0.25) is 5.88 Å². The maximum absolute atomic E-state index is 13.9. The van der Waals surface area contributed by atoms with E-state index in [-0.39, 0.29) is 16.8 Å². The van der Waals surface area contributed by atoms with E-state index in [0.717, 1.165) is 18.2 Å². The smallest absolute Gasteiger partial charge is 0.417 e. The zero-order chi connectivity index (χ0) is 22.8. The molecule has 31 heavy (non-hydrogen) atoms. The Kier molecular flexibility index (Phi) is 6.01. The summed E-state index contributed by atoms with van der Waals surface area (Å²) in [5.74, 6) is -2.40. The molecular weight excluding hydrogens is 431 g/mol. The summed E-state index contributed by atoms with van der Waals surface area (Å²) in [6.45, 7) is -3.38. The lowest BCUT2D eigenvalue weighted by Crippen LogP contribution is -2.09. The molecule has 11 heteroatoms. The van der Waals surface area contributed by atoms with Crippen molar-refractivity contribution in [3.05, 3.63) is 77.0 Å². The number of ether oxygens (including phenoxy) is 1. The zero-order valence-corrected chi connectivity index (χ0v) is 15.2. The maximum Gasteiger partial charge on any atom is 0.435 e. The fourth-order valence-electron chi connectivity index (χ4n) is 2.62. The van der Waals surface area contributed by atoms with Crippen LogP contribution in [0, 0.1) is 23.0 Å². The SMILES string of the molecule is N#C/C(=C/c1ccc(-n2nc(C(F)(F)F)cc2OC(F)F)cc1)c1cc(F)ccc1F. The number of rotatable bonds is 5. The van der Waals surface area contributed by atoms with Crippen molar-refractivity contribution in [3.63, 3.8) is 0 Å². The Bertz CT molecular complexity index is 1160. The van der Waals surface area contributed by atoms with Crippen LogP contribution in [0.3, 0.4) is 0 Å². The van der Waals surface area contributed by atoms with E-state index in [4.69, 9.17) is 0 Å². The normalized spacial score (nSPS) is 12.2. The number of halogens is 7. The molecular formula is C20H10F7N3O. The van der Waals surface area contributed by atoms with Gasteiger partial charge in [0.25, 0.3) is 0 Å². The molecule has 0 spiro atoms. The molecule has 0 saturated carbocycles. The third-order valence-electron chi connectivity index (χ3n) is 3.96. The van der Waals surface area contributed by atoms with Crippen molar-refractivity contribution in [2.75, 3.05) is 0 Å². The summed E-state index contributed by atoms with van der Waals surface area (Å²) in [4.78, 5) is 0. The molecule has 160 valence electrons. The molecule has 0 unspecified atom stereocenters. The van der Waals surface area contributed by atoms with Crippen molar-refractivity contribution in [2.45, 2.75) is 12.8 Å². The lowest BCUT2D eigenvalue weighted by atomic mass is 10.0. The second-order valence-electron chi connectivity index (χ2n) is 6.04. The van der Waals surface area contributed by atoms with Gasteiger partial charge in [0, 0.05) is 11.6 Å². The molecule has 0 N–H and O–H groups in total. The topological polar surface area (TPSA) is 50.8 Å². The van der Waals surface area contributed by atoms with Gasteiger partial charge in [-0.2, -0.15) is 32.3 Å². The minimum atomic E-state index is -4.88. The molecule has 1 aromatic heterocycles. The van der Waals surface area contributed by atoms with Crippen LogP contribution in [-0.4, -0.2) is 16.4 Å². The minimum absolute atomic E-state index is 0.0428. The maximum atomic E-state index is 13.9. The highest BCUT2D eigenvalue weighted by Crippen LogP contribution is 2.33. The number of aromatic nitrogens is 2. The van der Waals surface area contributed by atoms with Crippen molar-refractivity contribution >= 4 is 11.6 Å². The summed E-state index contributed by atoms with van der Waals surface area (Å²) in [6.07, 6.45) is -3.66. The van der Waals surface area contributed by atoms with Crippen LogP contribution in [-0.2, 0) is 6.18 Å². The highest BCUT2D eigenvalue weighted by molar-refractivity contribution is 5.89. The van der Waals surface area contributed by atoms with E-state index < -0.39 is 36.0 Å². The third-order valence-corrected chi connectivity index (χ3v) is 3.96. The average molecular weight is 441 g/mol. The molecule has 0 aliphatic carbocycles. The Morgan fingerprint density at radius 3 is 2.32 bits per heavy atom. The summed E-state index contributed by atoms with van der Waals surface area (Å²) in [6, 6.07) is 9.78. The van der Waals surface area contributed by atoms with E-state index in [1.54, 1.807) is 6.07 Å². The first-order valence-corrected chi connectivity index (χ1v) is 8.38. The molecule has 3 aromatic rings. The second-order valence-corrected chi connectivity index (χ2v) is 6.04. The standard InChI is InChI=1S/C20H10F7N3O/c21-13-3-6-16(22)15(8-13)12(10-28)7-11-1-4-14(5-2-11)30-18(31-19(23)24)9-17(29-30)20(25,26)27/h1-9,19H/b12-7-. The van der Waals surface area contributed by atoms with Crippen LogP contribution in [0.2, 0.25) is 0 Å². The minimum Gasteiger partial charge on any atom is -0.417 e. The number of nitrogens with zero attached hydrogens (tertiary/aromatic N) is 3. The number of hydrogen-bond acceptors (Lipinski definition) is 3. The highest BCUT2D eigenvalue weighted by Gasteiger charge is 2.36. The molecule has 4 nitrogen and oxygen atoms in total. The fourth-order valence-corrected chi connectivity index (χ4v) is 2.62. The van der Waals surface area contributed by atoms with Gasteiger partial charge in [-0.3, -0.25) is 0 Å². The van der Waals surface area contributed by atoms with Gasteiger partial charge >= 0.3 is 12.8 Å². The van der Waals surface area contributed by atoms with Gasteiger partial charge in [-0.1, -0.05) is 12.1 Å². The monoisotopic (exact) mass is 441 g/mol. The van der Waals surface area contributed by atoms with Crippen LogP contribution < -0.4 is 4.74 Å². The van der Waals surface area contributed by atoms with Crippen LogP contribution in [0.15, 0.2) is 48.5 Å². The van der Waals surface area contributed by atoms with Gasteiger partial charge in [-0.15, -0.1) is 0 Å². The number of benzene rings is 2. The van der Waals surface area contributed by atoms with Gasteiger partial charge < -0.3 is 4.74 Å². The summed E-state index contributed by atoms with van der Waals surface area (Å²) in [5, 5.41) is 12.5. The Hall–Kier alpha value is -3.81. The van der Waals surface area contributed by atoms with E-state index in [2.05, 4.69) is 9.84 Å². The summed E-state index contributed by atoms with van der Waals surface area (Å²) in [7, 11) is 0. The molecule has 0 atom stereocenters. The predicted molar refractivity (Wildman–Crippen MR) is 95.0 cm³/mol. The lowest BCUT2D eigenvalue weighted by molar-refractivity contribution is -0.141. The van der Waals surface area contributed by atoms with Gasteiger partial charge in [0.15, 0.2) is 5.69 Å². The first-order chi connectivity index (χ1) is 14.6. The molecule has 0 saturated heterocycles. The number of allylic oxidation sites excluding steroid dienone is 1. The van der Waals surface area contributed by atoms with Crippen LogP contribution >= 0.6 is 0 Å². The Labute approximate surface area is 170 Å². The number of nitriles is 1. The Morgan fingerprint density at radius 2 is 1.74 bits per heavy atom. The second kappa shape index (κ2) is 8.51. The van der Waals surface area contributed by atoms with Gasteiger partial charge in [-0.25, -0.2) is 13.5 Å². The van der Waals surface area contributed by atoms with Gasteiger partial charge in [0.1, 0.15) is 11.6 Å². The van der Waals surface area contributed by atoms with E-state index in [1.165, 1.54) is 30.3 Å². The van der Waals surface area contributed by atoms with E-state index in [1.807, 2.05) is 0 Å². The highest BCUT2D eigenvalue weighted by atomic mass is 19.4. The van der Waals surface area contributed by atoms with Crippen LogP contribution in [0.5, 0.6) is 5.88 Å². The molecule has 0 fully saturated rings. The molecule has 0 aliphatic heterocycles. The quantitative estimate of drug-likeness (QED) is 0.284. The first kappa shape index (κ1) is 21.9. The molecule has 2 aromatic carbocycles. The molecule has 0 amide bonds. The van der Waals surface area contributed by atoms with Crippen LogP contribution in [0.25, 0.3) is 17.3 Å².